The molecule has 0 aromatic heterocycles. The van der Waals surface area contributed by atoms with Crippen molar-refractivity contribution in [3.63, 3.8) is 0 Å². The summed E-state index contributed by atoms with van der Waals surface area (Å²) in [7, 11) is 5.64. The molecule has 0 fully saturated rings. The van der Waals surface area contributed by atoms with Crippen LogP contribution >= 0.6 is 12.4 Å². The summed E-state index contributed by atoms with van der Waals surface area (Å²) in [6.07, 6.45) is 0. The van der Waals surface area contributed by atoms with Crippen molar-refractivity contribution in [3.8, 4) is 11.5 Å². The first-order valence-electron chi connectivity index (χ1n) is 9.22. The van der Waals surface area contributed by atoms with E-state index >= 15 is 0 Å². The molecule has 0 radical (unpaired) electrons. The van der Waals surface area contributed by atoms with Crippen LogP contribution in [0, 0.1) is 5.92 Å². The van der Waals surface area contributed by atoms with Crippen molar-refractivity contribution in [3.05, 3.63) is 59.7 Å². The Labute approximate surface area is 174 Å². The maximum atomic E-state index is 12.5. The maximum absolute atomic E-state index is 12.5. The lowest BCUT2D eigenvalue weighted by Gasteiger charge is -2.26. The van der Waals surface area contributed by atoms with Crippen molar-refractivity contribution >= 4 is 18.3 Å². The lowest BCUT2D eigenvalue weighted by atomic mass is 10.0. The zero-order valence-corrected chi connectivity index (χ0v) is 18.1. The minimum atomic E-state index is -0.104. The number of rotatable bonds is 9. The number of amides is 1. The van der Waals surface area contributed by atoms with Crippen LogP contribution in [0.5, 0.6) is 11.5 Å². The number of benzene rings is 2. The van der Waals surface area contributed by atoms with E-state index in [0.29, 0.717) is 24.6 Å². The molecule has 0 bridgehead atoms. The van der Waals surface area contributed by atoms with Gasteiger partial charge >= 0.3 is 0 Å². The Hall–Kier alpha value is -2.24. The number of methoxy groups -OCH3 is 1. The Morgan fingerprint density at radius 2 is 1.71 bits per heavy atom. The summed E-state index contributed by atoms with van der Waals surface area (Å²) in [5.74, 6) is 1.95. The molecule has 154 valence electrons. The van der Waals surface area contributed by atoms with Gasteiger partial charge in [0.25, 0.3) is 5.91 Å². The first-order chi connectivity index (χ1) is 12.9. The SMILES string of the molecule is COc1ccccc1C(CNC(=O)c1ccc(OCC(C)C)cc1)N(C)C.Cl. The monoisotopic (exact) mass is 406 g/mol. The molecular formula is C22H31ClN2O3. The Morgan fingerprint density at radius 3 is 2.29 bits per heavy atom. The van der Waals surface area contributed by atoms with E-state index in [-0.39, 0.29) is 24.4 Å². The van der Waals surface area contributed by atoms with Gasteiger partial charge in [-0.15, -0.1) is 12.4 Å². The summed E-state index contributed by atoms with van der Waals surface area (Å²) in [6.45, 7) is 5.35. The summed E-state index contributed by atoms with van der Waals surface area (Å²) in [4.78, 5) is 14.6. The third-order valence-corrected chi connectivity index (χ3v) is 4.28. The van der Waals surface area contributed by atoms with Gasteiger partial charge < -0.3 is 19.7 Å². The largest absolute Gasteiger partial charge is 0.496 e. The van der Waals surface area contributed by atoms with Gasteiger partial charge in [-0.1, -0.05) is 32.0 Å². The standard InChI is InChI=1S/C22H30N2O3.ClH/c1-16(2)15-27-18-12-10-17(11-13-18)22(25)23-14-20(24(3)4)19-8-6-7-9-21(19)26-5;/h6-13,16,20H,14-15H2,1-5H3,(H,23,25);1H. The number of nitrogens with one attached hydrogen (secondary N) is 1. The highest BCUT2D eigenvalue weighted by Gasteiger charge is 2.19. The Bertz CT molecular complexity index is 733. The van der Waals surface area contributed by atoms with Crippen LogP contribution in [0.4, 0.5) is 0 Å². The van der Waals surface area contributed by atoms with Gasteiger partial charge in [0.2, 0.25) is 0 Å². The molecule has 28 heavy (non-hydrogen) atoms. The van der Waals surface area contributed by atoms with E-state index < -0.39 is 0 Å². The van der Waals surface area contributed by atoms with E-state index in [1.165, 1.54) is 0 Å². The van der Waals surface area contributed by atoms with E-state index in [1.807, 2.05) is 50.5 Å². The predicted octanol–water partition coefficient (Wildman–Crippen LogP) is 4.18. The van der Waals surface area contributed by atoms with Crippen molar-refractivity contribution in [1.29, 1.82) is 0 Å². The number of hydrogen-bond donors (Lipinski definition) is 1. The molecule has 2 aromatic carbocycles. The lowest BCUT2D eigenvalue weighted by Crippen LogP contribution is -2.34. The lowest BCUT2D eigenvalue weighted by molar-refractivity contribution is 0.0941. The molecule has 0 aliphatic carbocycles. The summed E-state index contributed by atoms with van der Waals surface area (Å²) in [6, 6.07) is 15.1. The van der Waals surface area contributed by atoms with E-state index in [0.717, 1.165) is 17.1 Å². The van der Waals surface area contributed by atoms with Crippen LogP contribution in [0.2, 0.25) is 0 Å². The quantitative estimate of drug-likeness (QED) is 0.678. The highest BCUT2D eigenvalue weighted by molar-refractivity contribution is 5.94. The van der Waals surface area contributed by atoms with Gasteiger partial charge in [-0.2, -0.15) is 0 Å². The summed E-state index contributed by atoms with van der Waals surface area (Å²) < 4.78 is 11.1. The Kier molecular flexibility index (Phi) is 9.83. The third-order valence-electron chi connectivity index (χ3n) is 4.28. The van der Waals surface area contributed by atoms with Crippen molar-refractivity contribution < 1.29 is 14.3 Å². The van der Waals surface area contributed by atoms with Crippen molar-refractivity contribution in [2.75, 3.05) is 34.4 Å². The first kappa shape index (κ1) is 23.8. The summed E-state index contributed by atoms with van der Waals surface area (Å²) >= 11 is 0. The second kappa shape index (κ2) is 11.6. The van der Waals surface area contributed by atoms with Crippen molar-refractivity contribution in [2.45, 2.75) is 19.9 Å². The van der Waals surface area contributed by atoms with Crippen LogP contribution in [0.3, 0.4) is 0 Å². The third kappa shape index (κ3) is 6.73. The van der Waals surface area contributed by atoms with Crippen LogP contribution in [0.15, 0.2) is 48.5 Å². The molecular weight excluding hydrogens is 376 g/mol. The number of ether oxygens (including phenoxy) is 2. The Balaban J connectivity index is 0.00000392. The van der Waals surface area contributed by atoms with E-state index in [4.69, 9.17) is 9.47 Å². The van der Waals surface area contributed by atoms with Gasteiger partial charge in [0, 0.05) is 17.7 Å². The molecule has 2 rings (SSSR count). The number of carbonyl (C=O) groups is 1. The van der Waals surface area contributed by atoms with Gasteiger partial charge in [0.05, 0.1) is 19.8 Å². The topological polar surface area (TPSA) is 50.8 Å². The molecule has 1 amide bonds. The highest BCUT2D eigenvalue weighted by atomic mass is 35.5. The predicted molar refractivity (Wildman–Crippen MR) is 116 cm³/mol. The fourth-order valence-electron chi connectivity index (χ4n) is 2.77. The second-order valence-corrected chi connectivity index (χ2v) is 7.16. The van der Waals surface area contributed by atoms with Crippen LogP contribution in [-0.4, -0.2) is 45.2 Å². The van der Waals surface area contributed by atoms with Crippen molar-refractivity contribution in [1.82, 2.24) is 10.2 Å². The second-order valence-electron chi connectivity index (χ2n) is 7.16. The van der Waals surface area contributed by atoms with E-state index in [9.17, 15) is 4.79 Å². The minimum Gasteiger partial charge on any atom is -0.496 e. The summed E-state index contributed by atoms with van der Waals surface area (Å²) in [5, 5.41) is 3.02. The number of nitrogens with zero attached hydrogens (tertiary/aromatic N) is 1. The molecule has 0 aliphatic rings. The smallest absolute Gasteiger partial charge is 0.251 e. The molecule has 0 spiro atoms. The average molecular weight is 407 g/mol. The average Bonchev–Trinajstić information content (AvgIpc) is 2.66. The maximum Gasteiger partial charge on any atom is 0.251 e. The molecule has 0 aliphatic heterocycles. The van der Waals surface area contributed by atoms with Gasteiger partial charge in [-0.25, -0.2) is 0 Å². The Morgan fingerprint density at radius 1 is 1.07 bits per heavy atom. The minimum absolute atomic E-state index is 0. The molecule has 0 heterocycles. The van der Waals surface area contributed by atoms with Crippen LogP contribution in [-0.2, 0) is 0 Å². The van der Waals surface area contributed by atoms with Crippen LogP contribution in [0.1, 0.15) is 35.8 Å². The van der Waals surface area contributed by atoms with Crippen LogP contribution in [0.25, 0.3) is 0 Å². The number of para-hydroxylation sites is 1. The highest BCUT2D eigenvalue weighted by Crippen LogP contribution is 2.27. The fraction of sp³-hybridized carbons (Fsp3) is 0.409. The summed E-state index contributed by atoms with van der Waals surface area (Å²) in [5.41, 5.74) is 1.66. The van der Waals surface area contributed by atoms with Crippen molar-refractivity contribution in [2.24, 2.45) is 5.92 Å². The first-order valence-corrected chi connectivity index (χ1v) is 9.22. The molecule has 1 atom stereocenters. The molecule has 1 N–H and O–H groups in total. The molecule has 1 unspecified atom stereocenters. The van der Waals surface area contributed by atoms with Crippen LogP contribution < -0.4 is 14.8 Å². The molecule has 0 saturated heterocycles. The zero-order valence-electron chi connectivity index (χ0n) is 17.3. The van der Waals surface area contributed by atoms with Gasteiger partial charge in [0.1, 0.15) is 11.5 Å². The number of halogens is 1. The van der Waals surface area contributed by atoms with Gasteiger partial charge in [-0.3, -0.25) is 4.79 Å². The van der Waals surface area contributed by atoms with E-state index in [1.54, 1.807) is 19.2 Å². The number of likely N-dealkylation sites (N-methyl/N-ethyl adjacent to an activating group) is 1. The van der Waals surface area contributed by atoms with E-state index in [2.05, 4.69) is 24.1 Å². The molecule has 2 aromatic rings. The number of carbonyl (C=O) groups excluding carboxylic acids is 1. The zero-order chi connectivity index (χ0) is 19.8. The molecule has 5 nitrogen and oxygen atoms in total. The molecule has 0 saturated carbocycles. The number of hydrogen-bond acceptors (Lipinski definition) is 4. The van der Waals surface area contributed by atoms with Gasteiger partial charge in [-0.05, 0) is 50.3 Å². The normalized spacial score (nSPS) is 11.7. The van der Waals surface area contributed by atoms with Gasteiger partial charge in [0.15, 0.2) is 0 Å². The fourth-order valence-corrected chi connectivity index (χ4v) is 2.77. The molecule has 6 heteroatoms.